The molecule has 14 heavy (non-hydrogen) atoms. The molecule has 4 N–H and O–H groups in total. The van der Waals surface area contributed by atoms with Gasteiger partial charge in [-0.3, -0.25) is 15.6 Å². The Labute approximate surface area is 85.0 Å². The molecule has 0 radical (unpaired) electrons. The fraction of sp³-hybridized carbons (Fsp3) is 0.889. The van der Waals surface area contributed by atoms with Gasteiger partial charge in [0.25, 0.3) is 0 Å². The zero-order chi connectivity index (χ0) is 10.4. The lowest BCUT2D eigenvalue weighted by molar-refractivity contribution is -0.132. The molecule has 1 rings (SSSR count). The normalized spacial score (nSPS) is 18.6. The molecular formula is C9H20N4O. The highest BCUT2D eigenvalue weighted by Crippen LogP contribution is 2.10. The quantitative estimate of drug-likeness (QED) is 0.512. The van der Waals surface area contributed by atoms with Gasteiger partial charge in [0.15, 0.2) is 0 Å². The van der Waals surface area contributed by atoms with Gasteiger partial charge in [0.2, 0.25) is 5.91 Å². The van der Waals surface area contributed by atoms with Gasteiger partial charge in [0, 0.05) is 32.1 Å². The van der Waals surface area contributed by atoms with Crippen LogP contribution in [0.5, 0.6) is 0 Å². The first-order valence-corrected chi connectivity index (χ1v) is 5.18. The Balaban J connectivity index is 2.24. The van der Waals surface area contributed by atoms with Crippen LogP contribution in [0.3, 0.4) is 0 Å². The maximum Gasteiger partial charge on any atom is 0.223 e. The van der Waals surface area contributed by atoms with E-state index in [0.29, 0.717) is 19.0 Å². The Hall–Kier alpha value is -0.650. The minimum atomic E-state index is 0.190. The predicted molar refractivity (Wildman–Crippen MR) is 55.5 cm³/mol. The van der Waals surface area contributed by atoms with E-state index < -0.39 is 0 Å². The van der Waals surface area contributed by atoms with Crippen molar-refractivity contribution in [1.82, 2.24) is 15.8 Å². The molecule has 5 nitrogen and oxygen atoms in total. The molecule has 1 aliphatic heterocycles. The van der Waals surface area contributed by atoms with Gasteiger partial charge in [-0.15, -0.1) is 0 Å². The third-order valence-electron chi connectivity index (χ3n) is 2.55. The molecule has 82 valence electrons. The van der Waals surface area contributed by atoms with Crippen LogP contribution in [0.4, 0.5) is 0 Å². The number of nitrogens with two attached hydrogens (primary N) is 1. The number of hydrogen-bond acceptors (Lipinski definition) is 4. The van der Waals surface area contributed by atoms with Crippen molar-refractivity contribution in [1.29, 1.82) is 0 Å². The fourth-order valence-electron chi connectivity index (χ4n) is 1.76. The first-order chi connectivity index (χ1) is 6.77. The molecule has 0 aliphatic carbocycles. The number of nitrogens with one attached hydrogen (secondary N) is 2. The van der Waals surface area contributed by atoms with Gasteiger partial charge >= 0.3 is 0 Å². The lowest BCUT2D eigenvalue weighted by atomic mass is 10.1. The summed E-state index contributed by atoms with van der Waals surface area (Å²) in [5.74, 6) is 0.190. The lowest BCUT2D eigenvalue weighted by Gasteiger charge is -2.32. The summed E-state index contributed by atoms with van der Waals surface area (Å²) < 4.78 is 0. The summed E-state index contributed by atoms with van der Waals surface area (Å²) in [6.07, 6.45) is 2.50. The van der Waals surface area contributed by atoms with Crippen molar-refractivity contribution in [3.63, 3.8) is 0 Å². The van der Waals surface area contributed by atoms with Gasteiger partial charge in [-0.2, -0.15) is 0 Å². The summed E-state index contributed by atoms with van der Waals surface area (Å²) in [4.78, 5) is 13.4. The van der Waals surface area contributed by atoms with Crippen LogP contribution in [0, 0.1) is 0 Å². The van der Waals surface area contributed by atoms with Crippen molar-refractivity contribution < 1.29 is 4.79 Å². The van der Waals surface area contributed by atoms with Crippen LogP contribution in [-0.4, -0.2) is 43.5 Å². The number of amides is 1. The molecule has 0 aromatic heterocycles. The summed E-state index contributed by atoms with van der Waals surface area (Å²) in [6, 6.07) is 0.488. The largest absolute Gasteiger partial charge is 0.343 e. The third-order valence-corrected chi connectivity index (χ3v) is 2.55. The van der Waals surface area contributed by atoms with Crippen molar-refractivity contribution in [2.45, 2.75) is 25.3 Å². The Kier molecular flexibility index (Phi) is 4.86. The topological polar surface area (TPSA) is 70.4 Å². The molecule has 0 saturated carbocycles. The lowest BCUT2D eigenvalue weighted by Crippen LogP contribution is -2.48. The molecule has 1 fully saturated rings. The molecule has 5 heteroatoms. The Morgan fingerprint density at radius 3 is 2.64 bits per heavy atom. The highest BCUT2D eigenvalue weighted by atomic mass is 16.2. The van der Waals surface area contributed by atoms with Crippen molar-refractivity contribution in [2.24, 2.45) is 5.73 Å². The smallest absolute Gasteiger partial charge is 0.223 e. The molecular weight excluding hydrogens is 180 g/mol. The number of carbonyl (C=O) groups is 1. The van der Waals surface area contributed by atoms with E-state index in [1.54, 1.807) is 0 Å². The Morgan fingerprint density at radius 1 is 1.50 bits per heavy atom. The number of carbonyl (C=O) groups excluding carboxylic acids is 1. The average Bonchev–Trinajstić information content (AvgIpc) is 2.20. The summed E-state index contributed by atoms with van der Waals surface area (Å²) in [5, 5.41) is 0. The molecule has 1 amide bonds. The number of hydrogen-bond donors (Lipinski definition) is 3. The fourth-order valence-corrected chi connectivity index (χ4v) is 1.76. The second kappa shape index (κ2) is 5.95. The average molecular weight is 200 g/mol. The van der Waals surface area contributed by atoms with Crippen LogP contribution >= 0.6 is 0 Å². The number of nitrogens with zero attached hydrogens (tertiary/aromatic N) is 1. The van der Waals surface area contributed by atoms with E-state index in [2.05, 4.69) is 10.9 Å². The number of likely N-dealkylation sites (tertiary alicyclic amines) is 1. The maximum atomic E-state index is 11.5. The predicted octanol–water partition coefficient (Wildman–Crippen LogP) is -0.950. The van der Waals surface area contributed by atoms with E-state index >= 15 is 0 Å². The molecule has 1 heterocycles. The van der Waals surface area contributed by atoms with Crippen molar-refractivity contribution >= 4 is 5.91 Å². The summed E-state index contributed by atoms with van der Waals surface area (Å²) >= 11 is 0. The molecule has 0 bridgehead atoms. The van der Waals surface area contributed by atoms with Gasteiger partial charge in [-0.25, -0.2) is 0 Å². The molecule has 0 spiro atoms. The van der Waals surface area contributed by atoms with Crippen LogP contribution in [0.25, 0.3) is 0 Å². The van der Waals surface area contributed by atoms with E-state index in [0.717, 1.165) is 25.9 Å². The van der Waals surface area contributed by atoms with E-state index in [1.807, 2.05) is 11.9 Å². The summed E-state index contributed by atoms with van der Waals surface area (Å²) in [7, 11) is 1.87. The van der Waals surface area contributed by atoms with Gasteiger partial charge < -0.3 is 10.6 Å². The summed E-state index contributed by atoms with van der Waals surface area (Å²) in [6.45, 7) is 2.14. The second-order valence-corrected chi connectivity index (χ2v) is 3.59. The third kappa shape index (κ3) is 3.25. The molecule has 0 atom stereocenters. The van der Waals surface area contributed by atoms with Crippen LogP contribution in [0.1, 0.15) is 19.3 Å². The monoisotopic (exact) mass is 200 g/mol. The first kappa shape index (κ1) is 11.4. The minimum Gasteiger partial charge on any atom is -0.343 e. The zero-order valence-electron chi connectivity index (χ0n) is 8.75. The second-order valence-electron chi connectivity index (χ2n) is 3.59. The number of piperidine rings is 1. The highest BCUT2D eigenvalue weighted by molar-refractivity contribution is 5.76. The van der Waals surface area contributed by atoms with Gasteiger partial charge in [0.1, 0.15) is 0 Å². The molecule has 1 aliphatic rings. The highest BCUT2D eigenvalue weighted by Gasteiger charge is 2.21. The summed E-state index contributed by atoms with van der Waals surface area (Å²) in [5.41, 5.74) is 11.4. The van der Waals surface area contributed by atoms with E-state index in [1.165, 1.54) is 0 Å². The van der Waals surface area contributed by atoms with Crippen molar-refractivity contribution in [3.05, 3.63) is 0 Å². The van der Waals surface area contributed by atoms with Crippen molar-refractivity contribution in [2.75, 3.05) is 26.7 Å². The number of rotatable bonds is 4. The number of hydrazine groups is 1. The van der Waals surface area contributed by atoms with E-state index in [4.69, 9.17) is 5.73 Å². The Bertz CT molecular complexity index is 178. The molecule has 0 aromatic rings. The van der Waals surface area contributed by atoms with Crippen LogP contribution < -0.4 is 16.6 Å². The van der Waals surface area contributed by atoms with Crippen LogP contribution in [-0.2, 0) is 4.79 Å². The SMILES string of the molecule is CNNC1CCN(C(=O)CCN)CC1. The first-order valence-electron chi connectivity index (χ1n) is 5.18. The van der Waals surface area contributed by atoms with Gasteiger partial charge in [-0.1, -0.05) is 0 Å². The van der Waals surface area contributed by atoms with Crippen LogP contribution in [0.15, 0.2) is 0 Å². The minimum absolute atomic E-state index is 0.190. The van der Waals surface area contributed by atoms with Gasteiger partial charge in [0.05, 0.1) is 0 Å². The van der Waals surface area contributed by atoms with E-state index in [9.17, 15) is 4.79 Å². The van der Waals surface area contributed by atoms with E-state index in [-0.39, 0.29) is 5.91 Å². The van der Waals surface area contributed by atoms with Gasteiger partial charge in [-0.05, 0) is 19.9 Å². The standard InChI is InChI=1S/C9H20N4O/c1-11-12-8-3-6-13(7-4-8)9(14)2-5-10/h8,11-12H,2-7,10H2,1H3. The Morgan fingerprint density at radius 2 is 2.14 bits per heavy atom. The molecule has 0 unspecified atom stereocenters. The van der Waals surface area contributed by atoms with Crippen LogP contribution in [0.2, 0.25) is 0 Å². The molecule has 1 saturated heterocycles. The zero-order valence-corrected chi connectivity index (χ0v) is 8.75. The van der Waals surface area contributed by atoms with Crippen molar-refractivity contribution in [3.8, 4) is 0 Å². The maximum absolute atomic E-state index is 11.5. The molecule has 0 aromatic carbocycles.